The lowest BCUT2D eigenvalue weighted by Gasteiger charge is -1.98. The minimum Gasteiger partial charge on any atom is -0.399 e. The van der Waals surface area contributed by atoms with Gasteiger partial charge in [0.15, 0.2) is 0 Å². The smallest absolute Gasteiger partial charge is 0.0943 e. The molecule has 4 nitrogen and oxygen atoms in total. The van der Waals surface area contributed by atoms with E-state index in [1.165, 1.54) is 0 Å². The van der Waals surface area contributed by atoms with E-state index >= 15 is 0 Å². The van der Waals surface area contributed by atoms with Crippen LogP contribution in [0.25, 0.3) is 10.9 Å². The van der Waals surface area contributed by atoms with Gasteiger partial charge in [-0.2, -0.15) is 5.10 Å². The van der Waals surface area contributed by atoms with E-state index in [0.29, 0.717) is 0 Å². The van der Waals surface area contributed by atoms with Crippen molar-refractivity contribution in [1.82, 2.24) is 9.78 Å². The van der Waals surface area contributed by atoms with E-state index in [-0.39, 0.29) is 6.61 Å². The fourth-order valence-corrected chi connectivity index (χ4v) is 1.58. The first kappa shape index (κ1) is 9.98. The van der Waals surface area contributed by atoms with Gasteiger partial charge in [-0.25, -0.2) is 0 Å². The molecule has 0 atom stereocenters. The van der Waals surface area contributed by atoms with Gasteiger partial charge in [-0.1, -0.05) is 0 Å². The van der Waals surface area contributed by atoms with Crippen molar-refractivity contribution in [2.24, 2.45) is 0 Å². The maximum absolute atomic E-state index is 8.67. The third-order valence-electron chi connectivity index (χ3n) is 2.37. The summed E-state index contributed by atoms with van der Waals surface area (Å²) < 4.78 is 1.90. The number of aromatic nitrogens is 2. The minimum atomic E-state index is 0.244. The standard InChI is InChI=1S/C11H15N3O/c12-10-4-3-9-8-14(5-1-2-6-15)13-11(9)7-10/h3-4,7-8,15H,1-2,5-6,12H2. The molecule has 1 aromatic heterocycles. The van der Waals surface area contributed by atoms with Crippen molar-refractivity contribution in [2.45, 2.75) is 19.4 Å². The number of unbranched alkanes of at least 4 members (excludes halogenated alkanes) is 1. The molecule has 15 heavy (non-hydrogen) atoms. The highest BCUT2D eigenvalue weighted by Gasteiger charge is 2.00. The molecule has 2 aromatic rings. The lowest BCUT2D eigenvalue weighted by molar-refractivity contribution is 0.280. The number of aliphatic hydroxyl groups excluding tert-OH is 1. The fourth-order valence-electron chi connectivity index (χ4n) is 1.58. The summed E-state index contributed by atoms with van der Waals surface area (Å²) in [5.41, 5.74) is 7.34. The van der Waals surface area contributed by atoms with E-state index in [0.717, 1.165) is 36.0 Å². The Labute approximate surface area is 88.3 Å². The Balaban J connectivity index is 2.16. The topological polar surface area (TPSA) is 64.1 Å². The van der Waals surface area contributed by atoms with Gasteiger partial charge in [-0.3, -0.25) is 4.68 Å². The summed E-state index contributed by atoms with van der Waals surface area (Å²) in [5, 5.41) is 14.2. The summed E-state index contributed by atoms with van der Waals surface area (Å²) in [6.07, 6.45) is 3.77. The van der Waals surface area contributed by atoms with Crippen molar-refractivity contribution in [3.05, 3.63) is 24.4 Å². The molecule has 0 unspecified atom stereocenters. The highest BCUT2D eigenvalue weighted by atomic mass is 16.2. The van der Waals surface area contributed by atoms with E-state index in [2.05, 4.69) is 5.10 Å². The highest BCUT2D eigenvalue weighted by Crippen LogP contribution is 2.15. The number of anilines is 1. The van der Waals surface area contributed by atoms with Crippen LogP contribution in [0, 0.1) is 0 Å². The lowest BCUT2D eigenvalue weighted by atomic mass is 10.2. The predicted octanol–water partition coefficient (Wildman–Crippen LogP) is 1.39. The zero-order valence-electron chi connectivity index (χ0n) is 8.56. The molecule has 0 bridgehead atoms. The SMILES string of the molecule is Nc1ccc2cn(CCCCO)nc2c1. The van der Waals surface area contributed by atoms with E-state index in [4.69, 9.17) is 10.8 Å². The number of nitrogens with two attached hydrogens (primary N) is 1. The number of aryl methyl sites for hydroxylation is 1. The maximum atomic E-state index is 8.67. The monoisotopic (exact) mass is 205 g/mol. The first-order valence-corrected chi connectivity index (χ1v) is 5.13. The fraction of sp³-hybridized carbons (Fsp3) is 0.364. The number of nitrogen functional groups attached to an aromatic ring is 1. The van der Waals surface area contributed by atoms with Crippen molar-refractivity contribution < 1.29 is 5.11 Å². The minimum absolute atomic E-state index is 0.244. The van der Waals surface area contributed by atoms with Crippen LogP contribution < -0.4 is 5.73 Å². The number of hydrogen-bond acceptors (Lipinski definition) is 3. The Hall–Kier alpha value is -1.55. The van der Waals surface area contributed by atoms with Crippen LogP contribution in [0.3, 0.4) is 0 Å². The Morgan fingerprint density at radius 2 is 2.20 bits per heavy atom. The summed E-state index contributed by atoms with van der Waals surface area (Å²) in [4.78, 5) is 0. The second kappa shape index (κ2) is 4.31. The summed E-state index contributed by atoms with van der Waals surface area (Å²) >= 11 is 0. The molecule has 1 aromatic carbocycles. The van der Waals surface area contributed by atoms with Gasteiger partial charge >= 0.3 is 0 Å². The average molecular weight is 205 g/mol. The van der Waals surface area contributed by atoms with E-state index in [1.54, 1.807) is 0 Å². The summed E-state index contributed by atoms with van der Waals surface area (Å²) in [7, 11) is 0. The molecule has 0 aliphatic rings. The van der Waals surface area contributed by atoms with E-state index < -0.39 is 0 Å². The summed E-state index contributed by atoms with van der Waals surface area (Å²) in [6, 6.07) is 5.72. The molecule has 0 amide bonds. The summed E-state index contributed by atoms with van der Waals surface area (Å²) in [5.74, 6) is 0. The quantitative estimate of drug-likeness (QED) is 0.585. The van der Waals surface area contributed by atoms with Crippen molar-refractivity contribution >= 4 is 16.6 Å². The number of hydrogen-bond donors (Lipinski definition) is 2. The van der Waals surface area contributed by atoms with Gasteiger partial charge in [0.25, 0.3) is 0 Å². The van der Waals surface area contributed by atoms with Gasteiger partial charge in [-0.05, 0) is 31.0 Å². The van der Waals surface area contributed by atoms with Crippen LogP contribution >= 0.6 is 0 Å². The molecule has 0 aliphatic carbocycles. The maximum Gasteiger partial charge on any atom is 0.0943 e. The van der Waals surface area contributed by atoms with Crippen LogP contribution in [-0.4, -0.2) is 21.5 Å². The lowest BCUT2D eigenvalue weighted by Crippen LogP contribution is -1.99. The molecule has 3 N–H and O–H groups in total. The van der Waals surface area contributed by atoms with Crippen LogP contribution in [0.2, 0.25) is 0 Å². The van der Waals surface area contributed by atoms with Gasteiger partial charge in [0, 0.05) is 30.4 Å². The van der Waals surface area contributed by atoms with Crippen LogP contribution in [0.1, 0.15) is 12.8 Å². The van der Waals surface area contributed by atoms with Gasteiger partial charge < -0.3 is 10.8 Å². The molecule has 4 heteroatoms. The third-order valence-corrected chi connectivity index (χ3v) is 2.37. The van der Waals surface area contributed by atoms with Crippen LogP contribution in [-0.2, 0) is 6.54 Å². The number of aliphatic hydroxyl groups is 1. The largest absolute Gasteiger partial charge is 0.399 e. The molecular weight excluding hydrogens is 190 g/mol. The van der Waals surface area contributed by atoms with Gasteiger partial charge in [0.05, 0.1) is 5.52 Å². The first-order valence-electron chi connectivity index (χ1n) is 5.13. The predicted molar refractivity (Wildman–Crippen MR) is 60.5 cm³/mol. The molecule has 0 spiro atoms. The zero-order chi connectivity index (χ0) is 10.7. The average Bonchev–Trinajstić information content (AvgIpc) is 2.60. The first-order chi connectivity index (χ1) is 7.29. The number of rotatable bonds is 4. The molecule has 0 aliphatic heterocycles. The van der Waals surface area contributed by atoms with Gasteiger partial charge in [0.2, 0.25) is 0 Å². The van der Waals surface area contributed by atoms with Crippen molar-refractivity contribution in [1.29, 1.82) is 0 Å². The van der Waals surface area contributed by atoms with Crippen molar-refractivity contribution in [3.63, 3.8) is 0 Å². The van der Waals surface area contributed by atoms with Gasteiger partial charge in [-0.15, -0.1) is 0 Å². The summed E-state index contributed by atoms with van der Waals surface area (Å²) in [6.45, 7) is 1.09. The molecule has 2 rings (SSSR count). The molecule has 1 heterocycles. The van der Waals surface area contributed by atoms with E-state index in [1.807, 2.05) is 29.1 Å². The number of benzene rings is 1. The second-order valence-electron chi connectivity index (χ2n) is 3.64. The third kappa shape index (κ3) is 2.27. The second-order valence-corrected chi connectivity index (χ2v) is 3.64. The normalized spacial score (nSPS) is 11.0. The van der Waals surface area contributed by atoms with Crippen molar-refractivity contribution in [3.8, 4) is 0 Å². The van der Waals surface area contributed by atoms with Crippen LogP contribution in [0.4, 0.5) is 5.69 Å². The van der Waals surface area contributed by atoms with Crippen LogP contribution in [0.15, 0.2) is 24.4 Å². The Morgan fingerprint density at radius 1 is 1.33 bits per heavy atom. The highest BCUT2D eigenvalue weighted by molar-refractivity contribution is 5.81. The van der Waals surface area contributed by atoms with Crippen LogP contribution in [0.5, 0.6) is 0 Å². The molecule has 0 fully saturated rings. The number of fused-ring (bicyclic) bond motifs is 1. The zero-order valence-corrected chi connectivity index (χ0v) is 8.56. The molecule has 0 saturated carbocycles. The van der Waals surface area contributed by atoms with Gasteiger partial charge in [0.1, 0.15) is 0 Å². The van der Waals surface area contributed by atoms with Crippen molar-refractivity contribution in [2.75, 3.05) is 12.3 Å². The molecule has 0 radical (unpaired) electrons. The Kier molecular flexibility index (Phi) is 2.87. The Morgan fingerprint density at radius 3 is 3.00 bits per heavy atom. The molecule has 80 valence electrons. The molecular formula is C11H15N3O. The number of nitrogens with zero attached hydrogens (tertiary/aromatic N) is 2. The Bertz CT molecular complexity index is 450. The molecule has 0 saturated heterocycles. The van der Waals surface area contributed by atoms with E-state index in [9.17, 15) is 0 Å².